The van der Waals surface area contributed by atoms with Crippen LogP contribution in [0.2, 0.25) is 0 Å². The molecule has 5 aromatic rings. The van der Waals surface area contributed by atoms with Crippen LogP contribution in [0.25, 0.3) is 33.1 Å². The Morgan fingerprint density at radius 1 is 1.03 bits per heavy atom. The maximum absolute atomic E-state index is 13.1. The van der Waals surface area contributed by atoms with Crippen LogP contribution in [-0.2, 0) is 16.6 Å². The highest BCUT2D eigenvalue weighted by molar-refractivity contribution is 7.93. The average molecular weight is 473 g/mol. The fourth-order valence-electron chi connectivity index (χ4n) is 4.32. The molecule has 0 aliphatic heterocycles. The predicted molar refractivity (Wildman–Crippen MR) is 137 cm³/mol. The van der Waals surface area contributed by atoms with Crippen molar-refractivity contribution in [2.75, 3.05) is 17.6 Å². The maximum Gasteiger partial charge on any atom is 0.264 e. The summed E-state index contributed by atoms with van der Waals surface area (Å²) < 4.78 is 36.4. The van der Waals surface area contributed by atoms with Crippen LogP contribution in [0.3, 0.4) is 0 Å². The molecule has 2 heterocycles. The number of ether oxygens (including phenoxy) is 1. The van der Waals surface area contributed by atoms with Gasteiger partial charge in [0.15, 0.2) is 0 Å². The SMILES string of the molecule is CCn1c(-c2ccc(NS(=O)(=O)c3cccc4cccnc34)cc2)c(N)c2ccc(OC)cc21. The number of aryl methyl sites for hydroxylation is 1. The number of rotatable bonds is 6. The molecule has 0 spiro atoms. The van der Waals surface area contributed by atoms with Gasteiger partial charge in [-0.2, -0.15) is 0 Å². The maximum atomic E-state index is 13.1. The second-order valence-corrected chi connectivity index (χ2v) is 9.55. The van der Waals surface area contributed by atoms with Crippen molar-refractivity contribution in [3.05, 3.63) is 79.0 Å². The number of nitrogens with one attached hydrogen (secondary N) is 1. The number of hydrogen-bond donors (Lipinski definition) is 2. The third-order valence-electron chi connectivity index (χ3n) is 5.92. The first-order valence-electron chi connectivity index (χ1n) is 10.9. The Morgan fingerprint density at radius 2 is 1.79 bits per heavy atom. The number of benzene rings is 3. The van der Waals surface area contributed by atoms with Gasteiger partial charge in [0.1, 0.15) is 10.6 Å². The second-order valence-electron chi connectivity index (χ2n) is 7.90. The third-order valence-corrected chi connectivity index (χ3v) is 7.34. The zero-order valence-electron chi connectivity index (χ0n) is 18.8. The van der Waals surface area contributed by atoms with Crippen molar-refractivity contribution in [3.63, 3.8) is 0 Å². The lowest BCUT2D eigenvalue weighted by molar-refractivity contribution is 0.415. The van der Waals surface area contributed by atoms with Crippen molar-refractivity contribution in [3.8, 4) is 17.0 Å². The fraction of sp³-hybridized carbons (Fsp3) is 0.115. The number of fused-ring (bicyclic) bond motifs is 2. The summed E-state index contributed by atoms with van der Waals surface area (Å²) in [5, 5.41) is 1.71. The Kier molecular flexibility index (Phi) is 5.37. The van der Waals surface area contributed by atoms with Gasteiger partial charge in [0, 0.05) is 40.8 Å². The standard InChI is InChI=1S/C26H24N4O3S/c1-3-30-22-16-20(33-2)13-14-21(22)24(27)26(30)18-9-11-19(12-10-18)29-34(31,32)23-8-4-6-17-7-5-15-28-25(17)23/h4-16,29H,3,27H2,1-2H3. The number of para-hydroxylation sites is 1. The highest BCUT2D eigenvalue weighted by atomic mass is 32.2. The smallest absolute Gasteiger partial charge is 0.264 e. The lowest BCUT2D eigenvalue weighted by Gasteiger charge is -2.12. The summed E-state index contributed by atoms with van der Waals surface area (Å²) in [7, 11) is -2.19. The lowest BCUT2D eigenvalue weighted by atomic mass is 10.1. The van der Waals surface area contributed by atoms with Crippen molar-refractivity contribution >= 4 is 43.2 Å². The number of nitrogens with two attached hydrogens (primary N) is 1. The molecule has 5 rings (SSSR count). The number of methoxy groups -OCH3 is 1. The summed E-state index contributed by atoms with van der Waals surface area (Å²) in [6.07, 6.45) is 1.59. The molecule has 0 aliphatic carbocycles. The van der Waals surface area contributed by atoms with E-state index in [1.165, 1.54) is 0 Å². The summed E-state index contributed by atoms with van der Waals surface area (Å²) >= 11 is 0. The summed E-state index contributed by atoms with van der Waals surface area (Å²) in [6.45, 7) is 2.78. The minimum atomic E-state index is -3.82. The number of nitrogens with zero attached hydrogens (tertiary/aromatic N) is 2. The molecule has 0 aliphatic rings. The van der Waals surface area contributed by atoms with Crippen molar-refractivity contribution in [1.29, 1.82) is 0 Å². The van der Waals surface area contributed by atoms with E-state index in [9.17, 15) is 8.42 Å². The van der Waals surface area contributed by atoms with Crippen LogP contribution in [0.5, 0.6) is 5.75 Å². The van der Waals surface area contributed by atoms with E-state index in [-0.39, 0.29) is 4.90 Å². The molecule has 8 heteroatoms. The summed E-state index contributed by atoms with van der Waals surface area (Å²) in [4.78, 5) is 4.40. The Labute approximate surface area is 197 Å². The first kappa shape index (κ1) is 21.8. The van der Waals surface area contributed by atoms with Gasteiger partial charge in [-0.3, -0.25) is 9.71 Å². The van der Waals surface area contributed by atoms with Gasteiger partial charge >= 0.3 is 0 Å². The van der Waals surface area contributed by atoms with Gasteiger partial charge < -0.3 is 15.0 Å². The molecule has 0 saturated carbocycles. The molecule has 0 bridgehead atoms. The first-order valence-corrected chi connectivity index (χ1v) is 12.3. The van der Waals surface area contributed by atoms with Gasteiger partial charge in [-0.15, -0.1) is 0 Å². The van der Waals surface area contributed by atoms with E-state index in [1.54, 1.807) is 43.6 Å². The molecule has 0 saturated heterocycles. The molecule has 0 unspecified atom stereocenters. The quantitative estimate of drug-likeness (QED) is 0.351. The van der Waals surface area contributed by atoms with E-state index in [0.29, 0.717) is 16.9 Å². The molecule has 3 N–H and O–H groups in total. The van der Waals surface area contributed by atoms with Gasteiger partial charge in [0.2, 0.25) is 0 Å². The topological polar surface area (TPSA) is 99.2 Å². The summed E-state index contributed by atoms with van der Waals surface area (Å²) in [6, 6.07) is 21.8. The average Bonchev–Trinajstić information content (AvgIpc) is 3.14. The van der Waals surface area contributed by atoms with Crippen molar-refractivity contribution in [2.45, 2.75) is 18.4 Å². The van der Waals surface area contributed by atoms with Gasteiger partial charge in [0.05, 0.1) is 29.5 Å². The largest absolute Gasteiger partial charge is 0.497 e. The van der Waals surface area contributed by atoms with Crippen LogP contribution in [-0.4, -0.2) is 25.1 Å². The zero-order valence-corrected chi connectivity index (χ0v) is 19.6. The number of aromatic nitrogens is 2. The molecular formula is C26H24N4O3S. The third kappa shape index (κ3) is 3.62. The molecule has 0 radical (unpaired) electrons. The highest BCUT2D eigenvalue weighted by Gasteiger charge is 2.20. The van der Waals surface area contributed by atoms with E-state index in [4.69, 9.17) is 10.5 Å². The first-order chi connectivity index (χ1) is 16.4. The van der Waals surface area contributed by atoms with Crippen molar-refractivity contribution < 1.29 is 13.2 Å². The molecular weight excluding hydrogens is 448 g/mol. The fourth-order valence-corrected chi connectivity index (χ4v) is 5.56. The normalized spacial score (nSPS) is 11.7. The minimum absolute atomic E-state index is 0.138. The molecule has 3 aromatic carbocycles. The zero-order chi connectivity index (χ0) is 23.9. The number of pyridine rings is 1. The second kappa shape index (κ2) is 8.39. The molecule has 2 aromatic heterocycles. The van der Waals surface area contributed by atoms with E-state index < -0.39 is 10.0 Å². The highest BCUT2D eigenvalue weighted by Crippen LogP contribution is 2.38. The van der Waals surface area contributed by atoms with E-state index in [2.05, 4.69) is 21.2 Å². The van der Waals surface area contributed by atoms with Crippen LogP contribution < -0.4 is 15.2 Å². The van der Waals surface area contributed by atoms with Gasteiger partial charge in [0.25, 0.3) is 10.0 Å². The van der Waals surface area contributed by atoms with Crippen molar-refractivity contribution in [1.82, 2.24) is 9.55 Å². The van der Waals surface area contributed by atoms with Gasteiger partial charge in [-0.25, -0.2) is 8.42 Å². The van der Waals surface area contributed by atoms with E-state index in [0.717, 1.165) is 39.8 Å². The number of nitrogen functional groups attached to an aromatic ring is 1. The summed E-state index contributed by atoms with van der Waals surface area (Å²) in [5.74, 6) is 0.763. The van der Waals surface area contributed by atoms with Gasteiger partial charge in [-0.05, 0) is 43.3 Å². The van der Waals surface area contributed by atoms with E-state index >= 15 is 0 Å². The number of sulfonamides is 1. The molecule has 0 atom stereocenters. The minimum Gasteiger partial charge on any atom is -0.497 e. The number of anilines is 2. The molecule has 7 nitrogen and oxygen atoms in total. The van der Waals surface area contributed by atoms with Gasteiger partial charge in [-0.1, -0.05) is 30.3 Å². The lowest BCUT2D eigenvalue weighted by Crippen LogP contribution is -2.13. The molecule has 34 heavy (non-hydrogen) atoms. The van der Waals surface area contributed by atoms with Crippen LogP contribution in [0.4, 0.5) is 11.4 Å². The monoisotopic (exact) mass is 472 g/mol. The van der Waals surface area contributed by atoms with Crippen LogP contribution in [0.15, 0.2) is 83.9 Å². The predicted octanol–water partition coefficient (Wildman–Crippen LogP) is 5.27. The Hall–Kier alpha value is -4.04. The Balaban J connectivity index is 1.51. The van der Waals surface area contributed by atoms with Crippen LogP contribution >= 0.6 is 0 Å². The number of hydrogen-bond acceptors (Lipinski definition) is 5. The summed E-state index contributed by atoms with van der Waals surface area (Å²) in [5.41, 5.74) is 10.9. The molecule has 0 amide bonds. The van der Waals surface area contributed by atoms with Crippen LogP contribution in [0.1, 0.15) is 6.92 Å². The molecule has 172 valence electrons. The Bertz CT molecular complexity index is 1620. The van der Waals surface area contributed by atoms with Crippen LogP contribution in [0, 0.1) is 0 Å². The van der Waals surface area contributed by atoms with E-state index in [1.807, 2.05) is 42.5 Å². The molecule has 0 fully saturated rings. The Morgan fingerprint density at radius 3 is 2.53 bits per heavy atom. The van der Waals surface area contributed by atoms with Crippen molar-refractivity contribution in [2.24, 2.45) is 0 Å².